The zero-order valence-electron chi connectivity index (χ0n) is 11.3. The number of amides is 1. The van der Waals surface area contributed by atoms with Gasteiger partial charge in [0.25, 0.3) is 5.91 Å². The van der Waals surface area contributed by atoms with Gasteiger partial charge in [0.15, 0.2) is 0 Å². The number of nitrogens with zero attached hydrogens (tertiary/aromatic N) is 2. The Morgan fingerprint density at radius 3 is 2.62 bits per heavy atom. The van der Waals surface area contributed by atoms with Gasteiger partial charge < -0.3 is 10.6 Å². The van der Waals surface area contributed by atoms with Crippen molar-refractivity contribution in [2.24, 2.45) is 0 Å². The number of carbonyl (C=O) groups is 1. The largest absolute Gasteiger partial charge is 0.354 e. The number of anilines is 2. The van der Waals surface area contributed by atoms with Gasteiger partial charge in [0, 0.05) is 17.9 Å². The van der Waals surface area contributed by atoms with Gasteiger partial charge in [-0.2, -0.15) is 5.26 Å². The van der Waals surface area contributed by atoms with Gasteiger partial charge in [-0.05, 0) is 43.2 Å². The second kappa shape index (κ2) is 5.63. The van der Waals surface area contributed by atoms with Crippen LogP contribution in [-0.4, -0.2) is 16.9 Å². The molecule has 1 aliphatic rings. The van der Waals surface area contributed by atoms with Gasteiger partial charge >= 0.3 is 0 Å². The molecule has 0 bridgehead atoms. The average Bonchev–Trinajstić information content (AvgIpc) is 3.32. The normalized spacial score (nSPS) is 13.3. The third-order valence-corrected chi connectivity index (χ3v) is 3.22. The van der Waals surface area contributed by atoms with Crippen LogP contribution in [0.2, 0.25) is 0 Å². The number of benzene rings is 1. The van der Waals surface area contributed by atoms with Crippen molar-refractivity contribution < 1.29 is 4.79 Å². The van der Waals surface area contributed by atoms with Crippen LogP contribution >= 0.6 is 0 Å². The van der Waals surface area contributed by atoms with Gasteiger partial charge in [0.1, 0.15) is 0 Å². The van der Waals surface area contributed by atoms with Crippen LogP contribution in [0.4, 0.5) is 11.4 Å². The number of hydrogen-bond donors (Lipinski definition) is 2. The summed E-state index contributed by atoms with van der Waals surface area (Å²) >= 11 is 0. The van der Waals surface area contributed by atoms with Crippen LogP contribution in [0.5, 0.6) is 0 Å². The summed E-state index contributed by atoms with van der Waals surface area (Å²) in [4.78, 5) is 16.1. The van der Waals surface area contributed by atoms with E-state index in [0.29, 0.717) is 17.2 Å². The maximum absolute atomic E-state index is 12.0. The molecule has 1 saturated carbocycles. The second-order valence-electron chi connectivity index (χ2n) is 5.02. The lowest BCUT2D eigenvalue weighted by Gasteiger charge is -2.08. The van der Waals surface area contributed by atoms with E-state index in [4.69, 9.17) is 5.26 Å². The Morgan fingerprint density at radius 1 is 1.19 bits per heavy atom. The number of nitriles is 1. The molecule has 104 valence electrons. The molecule has 0 radical (unpaired) electrons. The number of hydrogen-bond acceptors (Lipinski definition) is 4. The molecule has 1 amide bonds. The first kappa shape index (κ1) is 13.1. The third kappa shape index (κ3) is 3.37. The fraction of sp³-hybridized carbons (Fsp3) is 0.188. The highest BCUT2D eigenvalue weighted by molar-refractivity contribution is 5.95. The molecule has 0 saturated heterocycles. The predicted octanol–water partition coefficient (Wildman–Crippen LogP) is 2.59. The van der Waals surface area contributed by atoms with Crippen molar-refractivity contribution in [1.29, 1.82) is 5.26 Å². The van der Waals surface area contributed by atoms with E-state index in [2.05, 4.69) is 21.7 Å². The molecule has 0 spiro atoms. The zero-order valence-corrected chi connectivity index (χ0v) is 11.3. The molecule has 1 heterocycles. The third-order valence-electron chi connectivity index (χ3n) is 3.22. The van der Waals surface area contributed by atoms with Crippen molar-refractivity contribution in [2.75, 3.05) is 5.32 Å². The van der Waals surface area contributed by atoms with Crippen LogP contribution in [0.1, 0.15) is 28.8 Å². The van der Waals surface area contributed by atoms with E-state index in [0.717, 1.165) is 24.2 Å². The Bertz CT molecular complexity index is 699. The minimum absolute atomic E-state index is 0.0894. The summed E-state index contributed by atoms with van der Waals surface area (Å²) in [6, 6.07) is 11.3. The van der Waals surface area contributed by atoms with E-state index in [-0.39, 0.29) is 5.91 Å². The summed E-state index contributed by atoms with van der Waals surface area (Å²) in [5.74, 6) is -0.0894. The molecule has 2 aromatic rings. The molecular formula is C16H14N4O. The van der Waals surface area contributed by atoms with Gasteiger partial charge in [0.05, 0.1) is 29.1 Å². The van der Waals surface area contributed by atoms with Crippen molar-refractivity contribution >= 4 is 17.3 Å². The highest BCUT2D eigenvalue weighted by Crippen LogP contribution is 2.20. The SMILES string of the molecule is N#Cc1ccc(Nc2cncc(C(=O)NC3CC3)c2)cc1. The number of rotatable bonds is 4. The number of pyridine rings is 1. The first-order valence-corrected chi connectivity index (χ1v) is 6.78. The summed E-state index contributed by atoms with van der Waals surface area (Å²) in [5, 5.41) is 14.9. The topological polar surface area (TPSA) is 77.8 Å². The van der Waals surface area contributed by atoms with E-state index in [9.17, 15) is 4.79 Å². The van der Waals surface area contributed by atoms with E-state index < -0.39 is 0 Å². The van der Waals surface area contributed by atoms with Crippen LogP contribution in [0, 0.1) is 11.3 Å². The average molecular weight is 278 g/mol. The first-order valence-electron chi connectivity index (χ1n) is 6.78. The van der Waals surface area contributed by atoms with Gasteiger partial charge in [-0.15, -0.1) is 0 Å². The summed E-state index contributed by atoms with van der Waals surface area (Å²) < 4.78 is 0. The fourth-order valence-electron chi connectivity index (χ4n) is 1.92. The molecule has 0 atom stereocenters. The monoisotopic (exact) mass is 278 g/mol. The minimum atomic E-state index is -0.0894. The highest BCUT2D eigenvalue weighted by atomic mass is 16.1. The molecule has 3 rings (SSSR count). The Kier molecular flexibility index (Phi) is 3.52. The van der Waals surface area contributed by atoms with Crippen LogP contribution in [0.3, 0.4) is 0 Å². The molecule has 5 heteroatoms. The van der Waals surface area contributed by atoms with Crippen molar-refractivity contribution in [3.8, 4) is 6.07 Å². The minimum Gasteiger partial charge on any atom is -0.354 e. The quantitative estimate of drug-likeness (QED) is 0.901. The molecule has 21 heavy (non-hydrogen) atoms. The molecule has 1 aromatic carbocycles. The smallest absolute Gasteiger partial charge is 0.253 e. The maximum Gasteiger partial charge on any atom is 0.253 e. The van der Waals surface area contributed by atoms with E-state index >= 15 is 0 Å². The molecule has 1 fully saturated rings. The van der Waals surface area contributed by atoms with Gasteiger partial charge in [-0.25, -0.2) is 0 Å². The van der Waals surface area contributed by atoms with Crippen LogP contribution in [0.15, 0.2) is 42.7 Å². The second-order valence-corrected chi connectivity index (χ2v) is 5.02. The fourth-order valence-corrected chi connectivity index (χ4v) is 1.92. The van der Waals surface area contributed by atoms with Crippen molar-refractivity contribution in [2.45, 2.75) is 18.9 Å². The first-order chi connectivity index (χ1) is 10.2. The molecule has 5 nitrogen and oxygen atoms in total. The van der Waals surface area contributed by atoms with Crippen LogP contribution < -0.4 is 10.6 Å². The van der Waals surface area contributed by atoms with Crippen molar-refractivity contribution in [3.05, 3.63) is 53.9 Å². The Hall–Kier alpha value is -2.87. The molecule has 0 unspecified atom stereocenters. The molecule has 1 aromatic heterocycles. The van der Waals surface area contributed by atoms with Gasteiger partial charge in [0.2, 0.25) is 0 Å². The Labute approximate surface area is 122 Å². The number of carbonyl (C=O) groups excluding carboxylic acids is 1. The summed E-state index contributed by atoms with van der Waals surface area (Å²) in [7, 11) is 0. The van der Waals surface area contributed by atoms with Crippen LogP contribution in [0.25, 0.3) is 0 Å². The highest BCUT2D eigenvalue weighted by Gasteiger charge is 2.23. The Balaban J connectivity index is 1.72. The molecule has 0 aliphatic heterocycles. The summed E-state index contributed by atoms with van der Waals surface area (Å²) in [6.07, 6.45) is 5.33. The van der Waals surface area contributed by atoms with Crippen LogP contribution in [-0.2, 0) is 0 Å². The Morgan fingerprint density at radius 2 is 1.95 bits per heavy atom. The van der Waals surface area contributed by atoms with E-state index in [1.165, 1.54) is 0 Å². The number of aromatic nitrogens is 1. The maximum atomic E-state index is 12.0. The van der Waals surface area contributed by atoms with Gasteiger partial charge in [-0.3, -0.25) is 9.78 Å². The lowest BCUT2D eigenvalue weighted by atomic mass is 10.2. The van der Waals surface area contributed by atoms with E-state index in [1.54, 1.807) is 30.6 Å². The molecule has 2 N–H and O–H groups in total. The molecule has 1 aliphatic carbocycles. The lowest BCUT2D eigenvalue weighted by Crippen LogP contribution is -2.25. The summed E-state index contributed by atoms with van der Waals surface area (Å²) in [6.45, 7) is 0. The zero-order chi connectivity index (χ0) is 14.7. The lowest BCUT2D eigenvalue weighted by molar-refractivity contribution is 0.0951. The molecular weight excluding hydrogens is 264 g/mol. The van der Waals surface area contributed by atoms with Gasteiger partial charge in [-0.1, -0.05) is 0 Å². The van der Waals surface area contributed by atoms with Crippen molar-refractivity contribution in [3.63, 3.8) is 0 Å². The predicted molar refractivity (Wildman–Crippen MR) is 79.2 cm³/mol. The summed E-state index contributed by atoms with van der Waals surface area (Å²) in [5.41, 5.74) is 2.73. The van der Waals surface area contributed by atoms with Crippen molar-refractivity contribution in [1.82, 2.24) is 10.3 Å². The van der Waals surface area contributed by atoms with E-state index in [1.807, 2.05) is 12.1 Å². The number of nitrogens with one attached hydrogen (secondary N) is 2. The standard InChI is InChI=1S/C16H14N4O/c17-8-11-1-3-13(4-2-11)19-15-7-12(9-18-10-15)16(21)20-14-5-6-14/h1-4,7,9-10,14,19H,5-6H2,(H,20,21).